The first-order valence-electron chi connectivity index (χ1n) is 9.52. The van der Waals surface area contributed by atoms with Gasteiger partial charge in [-0.25, -0.2) is 0 Å². The summed E-state index contributed by atoms with van der Waals surface area (Å²) in [6.45, 7) is 22.3. The summed E-state index contributed by atoms with van der Waals surface area (Å²) in [4.78, 5) is 0. The van der Waals surface area contributed by atoms with Gasteiger partial charge in [-0.2, -0.15) is 0 Å². The first kappa shape index (κ1) is 25.7. The molecule has 0 amide bonds. The highest BCUT2D eigenvalue weighted by molar-refractivity contribution is 4.93. The average molecular weight is 299 g/mol. The summed E-state index contributed by atoms with van der Waals surface area (Å²) in [5, 5.41) is 0. The normalized spacial score (nSPS) is 12.2. The van der Waals surface area contributed by atoms with E-state index >= 15 is 0 Å². The summed E-state index contributed by atoms with van der Waals surface area (Å²) in [5.41, 5.74) is 0. The van der Waals surface area contributed by atoms with Gasteiger partial charge in [0.05, 0.1) is 0 Å². The first-order chi connectivity index (χ1) is 9.83. The number of hydrogen-bond donors (Lipinski definition) is 0. The van der Waals surface area contributed by atoms with Gasteiger partial charge in [0, 0.05) is 0 Å². The van der Waals surface area contributed by atoms with E-state index in [4.69, 9.17) is 0 Å². The zero-order valence-electron chi connectivity index (χ0n) is 17.0. The Bertz CT molecular complexity index is 182. The minimum atomic E-state index is 0.689. The molecule has 0 aromatic carbocycles. The number of allylic oxidation sites excluding steroid dienone is 2. The van der Waals surface area contributed by atoms with Crippen molar-refractivity contribution in [3.8, 4) is 0 Å². The predicted octanol–water partition coefficient (Wildman–Crippen LogP) is 8.13. The van der Waals surface area contributed by atoms with Crippen LogP contribution in [0.3, 0.4) is 0 Å². The van der Waals surface area contributed by atoms with Crippen LogP contribution in [0.25, 0.3) is 0 Å². The van der Waals surface area contributed by atoms with Crippen LogP contribution in [0.2, 0.25) is 0 Å². The molecule has 1 unspecified atom stereocenters. The molecule has 0 nitrogen and oxygen atoms in total. The first-order valence-corrected chi connectivity index (χ1v) is 9.52. The lowest BCUT2D eigenvalue weighted by Gasteiger charge is -2.24. The van der Waals surface area contributed by atoms with E-state index < -0.39 is 0 Å². The summed E-state index contributed by atoms with van der Waals surface area (Å²) < 4.78 is 0. The van der Waals surface area contributed by atoms with Gasteiger partial charge in [0.15, 0.2) is 0 Å². The van der Waals surface area contributed by atoms with Gasteiger partial charge in [-0.1, -0.05) is 107 Å². The van der Waals surface area contributed by atoms with E-state index in [1.165, 1.54) is 32.1 Å². The maximum atomic E-state index is 2.47. The summed E-state index contributed by atoms with van der Waals surface area (Å²) in [6, 6.07) is 0. The molecular formula is C21H46. The molecule has 0 fully saturated rings. The molecule has 130 valence electrons. The third kappa shape index (κ3) is 22.2. The van der Waals surface area contributed by atoms with Crippen molar-refractivity contribution in [2.75, 3.05) is 0 Å². The molecule has 1 atom stereocenters. The van der Waals surface area contributed by atoms with E-state index in [-0.39, 0.29) is 0 Å². The zero-order valence-corrected chi connectivity index (χ0v) is 17.0. The zero-order chi connectivity index (χ0) is 17.3. The Hall–Kier alpha value is -0.260. The van der Waals surface area contributed by atoms with E-state index in [0.717, 1.165) is 17.8 Å². The van der Waals surface area contributed by atoms with Gasteiger partial charge in [0.25, 0.3) is 0 Å². The molecule has 0 radical (unpaired) electrons. The van der Waals surface area contributed by atoms with Crippen LogP contribution in [0.1, 0.15) is 101 Å². The second-order valence-corrected chi connectivity index (χ2v) is 6.91. The quantitative estimate of drug-likeness (QED) is 0.416. The van der Waals surface area contributed by atoms with Crippen LogP contribution in [0, 0.1) is 23.7 Å². The molecule has 0 aliphatic heterocycles. The SMILES string of the molecule is CCC.CCC.CCC(CC)C(/C=C\C(C)C)CC(C)C. The van der Waals surface area contributed by atoms with E-state index in [9.17, 15) is 0 Å². The van der Waals surface area contributed by atoms with Crippen LogP contribution in [0.5, 0.6) is 0 Å². The van der Waals surface area contributed by atoms with Crippen molar-refractivity contribution in [2.24, 2.45) is 23.7 Å². The van der Waals surface area contributed by atoms with Crippen molar-refractivity contribution in [3.63, 3.8) is 0 Å². The van der Waals surface area contributed by atoms with Crippen molar-refractivity contribution in [3.05, 3.63) is 12.2 Å². The molecule has 0 N–H and O–H groups in total. The molecule has 0 aromatic rings. The highest BCUT2D eigenvalue weighted by Crippen LogP contribution is 2.27. The summed E-state index contributed by atoms with van der Waals surface area (Å²) in [7, 11) is 0. The molecule has 0 spiro atoms. The van der Waals surface area contributed by atoms with Gasteiger partial charge in [-0.3, -0.25) is 0 Å². The molecule has 0 heterocycles. The molecule has 0 aromatic heterocycles. The van der Waals surface area contributed by atoms with E-state index in [0.29, 0.717) is 5.92 Å². The molecule has 0 heteroatoms. The largest absolute Gasteiger partial charge is 0.0857 e. The molecular weight excluding hydrogens is 252 g/mol. The molecule has 0 bridgehead atoms. The van der Waals surface area contributed by atoms with Gasteiger partial charge in [-0.15, -0.1) is 0 Å². The monoisotopic (exact) mass is 298 g/mol. The van der Waals surface area contributed by atoms with E-state index in [1.807, 2.05) is 0 Å². The topological polar surface area (TPSA) is 0 Å². The molecule has 21 heavy (non-hydrogen) atoms. The van der Waals surface area contributed by atoms with Crippen molar-refractivity contribution in [1.82, 2.24) is 0 Å². The lowest BCUT2D eigenvalue weighted by atomic mass is 9.81. The Kier molecular flexibility index (Phi) is 24.1. The molecule has 0 saturated carbocycles. The Morgan fingerprint density at radius 1 is 0.667 bits per heavy atom. The minimum absolute atomic E-state index is 0.689. The summed E-state index contributed by atoms with van der Waals surface area (Å²) >= 11 is 0. The van der Waals surface area contributed by atoms with Crippen molar-refractivity contribution in [2.45, 2.75) is 101 Å². The predicted molar refractivity (Wildman–Crippen MR) is 103 cm³/mol. The Labute approximate surface area is 137 Å². The van der Waals surface area contributed by atoms with Crippen LogP contribution in [-0.4, -0.2) is 0 Å². The summed E-state index contributed by atoms with van der Waals surface area (Å²) in [6.07, 6.45) is 11.3. The van der Waals surface area contributed by atoms with Crippen molar-refractivity contribution < 1.29 is 0 Å². The van der Waals surface area contributed by atoms with Gasteiger partial charge in [0.2, 0.25) is 0 Å². The fourth-order valence-corrected chi connectivity index (χ4v) is 2.23. The van der Waals surface area contributed by atoms with Gasteiger partial charge in [-0.05, 0) is 30.1 Å². The Balaban J connectivity index is -0.000000460. The lowest BCUT2D eigenvalue weighted by Crippen LogP contribution is -2.13. The van der Waals surface area contributed by atoms with Crippen LogP contribution in [-0.2, 0) is 0 Å². The summed E-state index contributed by atoms with van der Waals surface area (Å²) in [5.74, 6) is 3.17. The van der Waals surface area contributed by atoms with Gasteiger partial charge >= 0.3 is 0 Å². The smallest absolute Gasteiger partial charge is 0.0203 e. The molecule has 0 aliphatic rings. The fraction of sp³-hybridized carbons (Fsp3) is 0.905. The standard InChI is InChI=1S/C15H30.2C3H8/c1-7-14(8-2)15(11-13(5)6)10-9-12(3)4;2*1-3-2/h9-10,12-15H,7-8,11H2,1-6H3;2*3H2,1-2H3/b10-9-;;. The molecule has 0 aliphatic carbocycles. The number of rotatable bonds is 7. The Morgan fingerprint density at radius 3 is 1.29 bits per heavy atom. The van der Waals surface area contributed by atoms with Crippen molar-refractivity contribution >= 4 is 0 Å². The van der Waals surface area contributed by atoms with Crippen LogP contribution in [0.4, 0.5) is 0 Å². The fourth-order valence-electron chi connectivity index (χ4n) is 2.23. The van der Waals surface area contributed by atoms with E-state index in [1.54, 1.807) is 0 Å². The lowest BCUT2D eigenvalue weighted by molar-refractivity contribution is 0.318. The second-order valence-electron chi connectivity index (χ2n) is 6.91. The second kappa shape index (κ2) is 19.7. The number of hydrogen-bond acceptors (Lipinski definition) is 0. The molecule has 0 rings (SSSR count). The van der Waals surface area contributed by atoms with Crippen LogP contribution in [0.15, 0.2) is 12.2 Å². The van der Waals surface area contributed by atoms with Gasteiger partial charge in [0.1, 0.15) is 0 Å². The minimum Gasteiger partial charge on any atom is -0.0857 e. The maximum absolute atomic E-state index is 2.47. The van der Waals surface area contributed by atoms with E-state index in [2.05, 4.69) is 81.4 Å². The third-order valence-electron chi connectivity index (χ3n) is 3.14. The Morgan fingerprint density at radius 2 is 1.05 bits per heavy atom. The highest BCUT2D eigenvalue weighted by atomic mass is 14.2. The third-order valence-corrected chi connectivity index (χ3v) is 3.14. The van der Waals surface area contributed by atoms with Crippen LogP contribution >= 0.6 is 0 Å². The van der Waals surface area contributed by atoms with Crippen molar-refractivity contribution in [1.29, 1.82) is 0 Å². The highest BCUT2D eigenvalue weighted by Gasteiger charge is 2.16. The maximum Gasteiger partial charge on any atom is -0.0203 e. The van der Waals surface area contributed by atoms with Gasteiger partial charge < -0.3 is 0 Å². The average Bonchev–Trinajstić information content (AvgIpc) is 2.38. The molecule has 0 saturated heterocycles. The van der Waals surface area contributed by atoms with Crippen LogP contribution < -0.4 is 0 Å².